The number of benzene rings is 2. The Balaban J connectivity index is 1.82. The first-order valence-electron chi connectivity index (χ1n) is 9.80. The fourth-order valence-corrected chi connectivity index (χ4v) is 3.83. The molecule has 0 bridgehead atoms. The summed E-state index contributed by atoms with van der Waals surface area (Å²) in [6.45, 7) is 2.21. The third kappa shape index (κ3) is 4.10. The highest BCUT2D eigenvalue weighted by molar-refractivity contribution is 6.03. The van der Waals surface area contributed by atoms with E-state index in [0.717, 1.165) is 35.6 Å². The number of nitrogens with zero attached hydrogens (tertiary/aromatic N) is 1. The first kappa shape index (κ1) is 19.3. The molecule has 4 nitrogen and oxygen atoms in total. The topological polar surface area (TPSA) is 38.8 Å². The van der Waals surface area contributed by atoms with Gasteiger partial charge in [0.05, 0.1) is 26.2 Å². The molecule has 1 fully saturated rings. The van der Waals surface area contributed by atoms with Crippen LogP contribution in [0.4, 0.5) is 5.69 Å². The van der Waals surface area contributed by atoms with Crippen LogP contribution in [-0.4, -0.2) is 20.1 Å². The average Bonchev–Trinajstić information content (AvgIpc) is 2.72. The number of hydrogen-bond donors (Lipinski definition) is 0. The van der Waals surface area contributed by atoms with Crippen LogP contribution in [0, 0.1) is 5.92 Å². The van der Waals surface area contributed by atoms with Crippen LogP contribution in [0.3, 0.4) is 0 Å². The van der Waals surface area contributed by atoms with Crippen molar-refractivity contribution >= 4 is 11.6 Å². The van der Waals surface area contributed by atoms with E-state index in [2.05, 4.69) is 19.1 Å². The largest absolute Gasteiger partial charge is 0.497 e. The molecule has 0 aromatic heterocycles. The smallest absolute Gasteiger partial charge is 0.233 e. The van der Waals surface area contributed by atoms with E-state index in [1.807, 2.05) is 41.3 Å². The average molecular weight is 367 g/mol. The van der Waals surface area contributed by atoms with Crippen LogP contribution in [-0.2, 0) is 4.79 Å². The number of carbonyl (C=O) groups excluding carboxylic acids is 1. The number of methoxy groups -OCH3 is 2. The van der Waals surface area contributed by atoms with E-state index in [0.29, 0.717) is 0 Å². The molecular weight excluding hydrogens is 338 g/mol. The highest BCUT2D eigenvalue weighted by Gasteiger charge is 2.48. The van der Waals surface area contributed by atoms with E-state index in [1.54, 1.807) is 14.2 Å². The van der Waals surface area contributed by atoms with E-state index in [9.17, 15) is 4.79 Å². The van der Waals surface area contributed by atoms with E-state index in [4.69, 9.17) is 9.47 Å². The molecule has 2 aromatic carbocycles. The van der Waals surface area contributed by atoms with Gasteiger partial charge >= 0.3 is 0 Å². The fourth-order valence-electron chi connectivity index (χ4n) is 3.83. The lowest BCUT2D eigenvalue weighted by Gasteiger charge is -2.47. The van der Waals surface area contributed by atoms with Crippen molar-refractivity contribution in [3.05, 3.63) is 54.1 Å². The third-order valence-electron chi connectivity index (χ3n) is 5.39. The maximum Gasteiger partial charge on any atom is 0.233 e. The number of unbranched alkanes of at least 4 members (excludes halogenated alkanes) is 3. The van der Waals surface area contributed by atoms with Crippen LogP contribution in [0.25, 0.3) is 0 Å². The summed E-state index contributed by atoms with van der Waals surface area (Å²) in [5.41, 5.74) is 2.08. The number of anilines is 1. The van der Waals surface area contributed by atoms with Gasteiger partial charge in [0, 0.05) is 5.69 Å². The first-order valence-corrected chi connectivity index (χ1v) is 9.80. The second-order valence-electron chi connectivity index (χ2n) is 7.08. The summed E-state index contributed by atoms with van der Waals surface area (Å²) in [7, 11) is 3.32. The summed E-state index contributed by atoms with van der Waals surface area (Å²) >= 11 is 0. The lowest BCUT2D eigenvalue weighted by atomic mass is 9.78. The highest BCUT2D eigenvalue weighted by Crippen LogP contribution is 2.46. The SMILES string of the molecule is CCCCCC[C@@H]1C(=O)N(c2ccc(OC)cc2)[C@@H]1c1ccc(OC)cc1. The van der Waals surface area contributed by atoms with Crippen LogP contribution in [0.1, 0.15) is 50.6 Å². The molecule has 3 rings (SSSR count). The quantitative estimate of drug-likeness (QED) is 0.441. The molecule has 2 aromatic rings. The minimum absolute atomic E-state index is 0.0531. The Morgan fingerprint density at radius 2 is 1.44 bits per heavy atom. The zero-order valence-corrected chi connectivity index (χ0v) is 16.5. The van der Waals surface area contributed by atoms with Crippen molar-refractivity contribution in [3.8, 4) is 11.5 Å². The van der Waals surface area contributed by atoms with Gasteiger partial charge in [0.25, 0.3) is 0 Å². The summed E-state index contributed by atoms with van der Waals surface area (Å²) in [5, 5.41) is 0. The molecule has 1 aliphatic rings. The Bertz CT molecular complexity index is 739. The molecule has 1 aliphatic heterocycles. The molecule has 1 saturated heterocycles. The fraction of sp³-hybridized carbons (Fsp3) is 0.435. The number of carbonyl (C=O) groups is 1. The molecule has 144 valence electrons. The molecule has 0 radical (unpaired) electrons. The monoisotopic (exact) mass is 367 g/mol. The summed E-state index contributed by atoms with van der Waals surface area (Å²) in [6.07, 6.45) is 5.68. The molecule has 4 heteroatoms. The van der Waals surface area contributed by atoms with E-state index < -0.39 is 0 Å². The minimum atomic E-state index is 0.0531. The molecule has 0 N–H and O–H groups in total. The van der Waals surface area contributed by atoms with Crippen molar-refractivity contribution in [2.45, 2.75) is 45.1 Å². The summed E-state index contributed by atoms with van der Waals surface area (Å²) in [4.78, 5) is 14.9. The molecular formula is C23H29NO3. The van der Waals surface area contributed by atoms with Crippen LogP contribution in [0.15, 0.2) is 48.5 Å². The van der Waals surface area contributed by atoms with Gasteiger partial charge in [-0.15, -0.1) is 0 Å². The molecule has 0 saturated carbocycles. The van der Waals surface area contributed by atoms with Crippen LogP contribution >= 0.6 is 0 Å². The van der Waals surface area contributed by atoms with Crippen molar-refractivity contribution in [1.29, 1.82) is 0 Å². The maximum atomic E-state index is 13.0. The van der Waals surface area contributed by atoms with Crippen LogP contribution in [0.2, 0.25) is 0 Å². The van der Waals surface area contributed by atoms with Gasteiger partial charge in [-0.1, -0.05) is 44.7 Å². The van der Waals surface area contributed by atoms with E-state index in [-0.39, 0.29) is 17.9 Å². The Kier molecular flexibility index (Phi) is 6.38. The van der Waals surface area contributed by atoms with E-state index in [1.165, 1.54) is 19.3 Å². The van der Waals surface area contributed by atoms with Crippen molar-refractivity contribution in [2.24, 2.45) is 5.92 Å². The maximum absolute atomic E-state index is 13.0. The van der Waals surface area contributed by atoms with Crippen LogP contribution in [0.5, 0.6) is 11.5 Å². The lowest BCUT2D eigenvalue weighted by molar-refractivity contribution is -0.130. The Hall–Kier alpha value is -2.49. The van der Waals surface area contributed by atoms with Gasteiger partial charge in [0.15, 0.2) is 0 Å². The standard InChI is InChI=1S/C23H29NO3/c1-4-5-6-7-8-21-22(17-9-13-19(26-2)14-10-17)24(23(21)25)18-11-15-20(27-3)16-12-18/h9-16,21-22H,4-8H2,1-3H3/t21-,22+/m0/s1. The van der Waals surface area contributed by atoms with Gasteiger partial charge in [-0.2, -0.15) is 0 Å². The zero-order valence-electron chi connectivity index (χ0n) is 16.5. The van der Waals surface area contributed by atoms with Gasteiger partial charge in [0.2, 0.25) is 5.91 Å². The minimum Gasteiger partial charge on any atom is -0.497 e. The van der Waals surface area contributed by atoms with Crippen molar-refractivity contribution in [3.63, 3.8) is 0 Å². The Morgan fingerprint density at radius 3 is 2.00 bits per heavy atom. The molecule has 1 heterocycles. The molecule has 0 aliphatic carbocycles. The van der Waals surface area contributed by atoms with Crippen molar-refractivity contribution < 1.29 is 14.3 Å². The normalized spacial score (nSPS) is 18.9. The van der Waals surface area contributed by atoms with Gasteiger partial charge in [-0.3, -0.25) is 4.79 Å². The first-order chi connectivity index (χ1) is 13.2. The zero-order chi connectivity index (χ0) is 19.2. The second kappa shape index (κ2) is 8.94. The number of ether oxygens (including phenoxy) is 2. The molecule has 2 atom stereocenters. The number of amides is 1. The number of β-lactam (4-membered cyclic amide) rings is 1. The molecule has 27 heavy (non-hydrogen) atoms. The van der Waals surface area contributed by atoms with Gasteiger partial charge < -0.3 is 14.4 Å². The van der Waals surface area contributed by atoms with E-state index >= 15 is 0 Å². The van der Waals surface area contributed by atoms with Gasteiger partial charge in [-0.05, 0) is 48.4 Å². The van der Waals surface area contributed by atoms with Gasteiger partial charge in [0.1, 0.15) is 11.5 Å². The highest BCUT2D eigenvalue weighted by atomic mass is 16.5. The summed E-state index contributed by atoms with van der Waals surface area (Å²) in [6, 6.07) is 15.9. The van der Waals surface area contributed by atoms with Crippen molar-refractivity contribution in [2.75, 3.05) is 19.1 Å². The second-order valence-corrected chi connectivity index (χ2v) is 7.08. The lowest BCUT2D eigenvalue weighted by Crippen LogP contribution is -2.55. The van der Waals surface area contributed by atoms with Gasteiger partial charge in [-0.25, -0.2) is 0 Å². The Morgan fingerprint density at radius 1 is 0.852 bits per heavy atom. The summed E-state index contributed by atoms with van der Waals surface area (Å²) < 4.78 is 10.5. The number of hydrogen-bond acceptors (Lipinski definition) is 3. The number of rotatable bonds is 9. The Labute approximate surface area is 162 Å². The molecule has 0 spiro atoms. The predicted molar refractivity (Wildman–Crippen MR) is 108 cm³/mol. The van der Waals surface area contributed by atoms with Crippen molar-refractivity contribution in [1.82, 2.24) is 0 Å². The molecule has 0 unspecified atom stereocenters. The molecule has 1 amide bonds. The summed E-state index contributed by atoms with van der Waals surface area (Å²) in [5.74, 6) is 1.90. The predicted octanol–water partition coefficient (Wildman–Crippen LogP) is 5.38. The third-order valence-corrected chi connectivity index (χ3v) is 5.39. The van der Waals surface area contributed by atoms with Crippen LogP contribution < -0.4 is 14.4 Å².